The van der Waals surface area contributed by atoms with Gasteiger partial charge in [0, 0.05) is 28.6 Å². The van der Waals surface area contributed by atoms with Gasteiger partial charge in [-0.3, -0.25) is 19.8 Å². The SMILES string of the molecule is Cc1ccc(C2(O)CCN(C(F)CC(C(=O)c3ccccc3)[N+](=O)[O-])CC2)cc1Cl.Cl. The zero-order valence-corrected chi connectivity index (χ0v) is 18.6. The first-order valence-electron chi connectivity index (χ1n) is 9.81. The van der Waals surface area contributed by atoms with E-state index in [2.05, 4.69) is 0 Å². The summed E-state index contributed by atoms with van der Waals surface area (Å²) in [7, 11) is 0. The van der Waals surface area contributed by atoms with Gasteiger partial charge in [0.05, 0.1) is 12.0 Å². The standard InChI is InChI=1S/C22H24ClFN2O4.ClH/c1-15-7-8-17(13-18(15)23)22(28)9-11-25(12-10-22)20(24)14-19(26(29)30)21(27)16-5-3-2-4-6-16;/h2-8,13,19-20,28H,9-12,14H2,1H3;1H. The normalized spacial score (nSPS) is 17.9. The lowest BCUT2D eigenvalue weighted by Crippen LogP contribution is -2.47. The number of aryl methyl sites for hydroxylation is 1. The quantitative estimate of drug-likeness (QED) is 0.277. The van der Waals surface area contributed by atoms with Crippen LogP contribution in [0.3, 0.4) is 0 Å². The molecule has 0 bridgehead atoms. The van der Waals surface area contributed by atoms with E-state index in [0.29, 0.717) is 10.6 Å². The molecule has 9 heteroatoms. The molecule has 1 heterocycles. The van der Waals surface area contributed by atoms with Crippen LogP contribution in [0.5, 0.6) is 0 Å². The molecule has 168 valence electrons. The van der Waals surface area contributed by atoms with Crippen molar-refractivity contribution in [1.82, 2.24) is 4.90 Å². The molecule has 2 unspecified atom stereocenters. The van der Waals surface area contributed by atoms with Gasteiger partial charge in [0.15, 0.2) is 6.30 Å². The minimum absolute atomic E-state index is 0. The van der Waals surface area contributed by atoms with Gasteiger partial charge in [0.1, 0.15) is 0 Å². The van der Waals surface area contributed by atoms with E-state index in [1.807, 2.05) is 19.1 Å². The van der Waals surface area contributed by atoms with Gasteiger partial charge in [-0.1, -0.05) is 54.1 Å². The Morgan fingerprint density at radius 2 is 1.87 bits per heavy atom. The number of piperidine rings is 1. The highest BCUT2D eigenvalue weighted by Crippen LogP contribution is 2.35. The highest BCUT2D eigenvalue weighted by Gasteiger charge is 2.40. The average Bonchev–Trinajstić information content (AvgIpc) is 2.74. The third-order valence-electron chi connectivity index (χ3n) is 5.76. The summed E-state index contributed by atoms with van der Waals surface area (Å²) in [6.45, 7) is 2.30. The van der Waals surface area contributed by atoms with Crippen molar-refractivity contribution in [3.8, 4) is 0 Å². The van der Waals surface area contributed by atoms with Crippen LogP contribution in [0.1, 0.15) is 40.7 Å². The summed E-state index contributed by atoms with van der Waals surface area (Å²) < 4.78 is 14.9. The van der Waals surface area contributed by atoms with Crippen LogP contribution >= 0.6 is 24.0 Å². The number of nitrogens with zero attached hydrogens (tertiary/aromatic N) is 2. The van der Waals surface area contributed by atoms with Gasteiger partial charge in [-0.2, -0.15) is 0 Å². The van der Waals surface area contributed by atoms with E-state index < -0.39 is 35.1 Å². The molecule has 0 radical (unpaired) electrons. The van der Waals surface area contributed by atoms with Crippen molar-refractivity contribution in [2.45, 2.75) is 44.1 Å². The van der Waals surface area contributed by atoms with Crippen LogP contribution in [0.15, 0.2) is 48.5 Å². The molecule has 2 aromatic carbocycles. The van der Waals surface area contributed by atoms with Crippen LogP contribution < -0.4 is 0 Å². The second-order valence-corrected chi connectivity index (χ2v) is 8.14. The lowest BCUT2D eigenvalue weighted by molar-refractivity contribution is -0.508. The van der Waals surface area contributed by atoms with Gasteiger partial charge in [0.25, 0.3) is 6.04 Å². The van der Waals surface area contributed by atoms with Crippen LogP contribution in [-0.2, 0) is 5.60 Å². The molecule has 0 amide bonds. The maximum Gasteiger partial charge on any atom is 0.278 e. The predicted octanol–water partition coefficient (Wildman–Crippen LogP) is 4.57. The van der Waals surface area contributed by atoms with Crippen molar-refractivity contribution in [2.24, 2.45) is 0 Å². The number of halogens is 3. The molecule has 6 nitrogen and oxygen atoms in total. The van der Waals surface area contributed by atoms with E-state index in [1.54, 1.807) is 24.3 Å². The average molecular weight is 471 g/mol. The second kappa shape index (κ2) is 10.5. The van der Waals surface area contributed by atoms with Crippen molar-refractivity contribution in [1.29, 1.82) is 0 Å². The van der Waals surface area contributed by atoms with E-state index in [4.69, 9.17) is 11.6 Å². The Morgan fingerprint density at radius 3 is 2.42 bits per heavy atom. The predicted molar refractivity (Wildman–Crippen MR) is 119 cm³/mol. The third-order valence-corrected chi connectivity index (χ3v) is 6.17. The Balaban J connectivity index is 0.00000341. The van der Waals surface area contributed by atoms with E-state index >= 15 is 0 Å². The number of ketones is 1. The van der Waals surface area contributed by atoms with Crippen LogP contribution in [0.25, 0.3) is 0 Å². The smallest absolute Gasteiger partial charge is 0.278 e. The minimum atomic E-state index is -1.65. The van der Waals surface area contributed by atoms with Crippen LogP contribution in [0, 0.1) is 17.0 Å². The monoisotopic (exact) mass is 470 g/mol. The number of likely N-dealkylation sites (tertiary alicyclic amines) is 1. The summed E-state index contributed by atoms with van der Waals surface area (Å²) in [5.74, 6) is -0.703. The topological polar surface area (TPSA) is 83.7 Å². The number of aliphatic hydroxyl groups is 1. The Hall–Kier alpha value is -2.06. The molecule has 0 aliphatic carbocycles. The first-order chi connectivity index (χ1) is 14.2. The molecule has 3 rings (SSSR count). The van der Waals surface area contributed by atoms with E-state index in [1.165, 1.54) is 17.0 Å². The largest absolute Gasteiger partial charge is 0.385 e. The summed E-state index contributed by atoms with van der Waals surface area (Å²) >= 11 is 6.16. The van der Waals surface area contributed by atoms with Gasteiger partial charge in [-0.15, -0.1) is 12.4 Å². The molecular formula is C22H25Cl2FN2O4. The lowest BCUT2D eigenvalue weighted by Gasteiger charge is -2.40. The van der Waals surface area contributed by atoms with Crippen molar-refractivity contribution >= 4 is 29.8 Å². The number of alkyl halides is 1. The van der Waals surface area contributed by atoms with Gasteiger partial charge >= 0.3 is 0 Å². The van der Waals surface area contributed by atoms with Crippen LogP contribution in [0.2, 0.25) is 5.02 Å². The molecule has 2 atom stereocenters. The van der Waals surface area contributed by atoms with Gasteiger partial charge < -0.3 is 5.11 Å². The number of carbonyl (C=O) groups excluding carboxylic acids is 1. The van der Waals surface area contributed by atoms with Crippen molar-refractivity contribution < 1.29 is 19.2 Å². The Labute approximate surface area is 191 Å². The van der Waals surface area contributed by atoms with Gasteiger partial charge in [-0.05, 0) is 37.0 Å². The molecule has 1 aliphatic rings. The number of carbonyl (C=O) groups is 1. The number of hydrogen-bond acceptors (Lipinski definition) is 5. The summed E-state index contributed by atoms with van der Waals surface area (Å²) in [4.78, 5) is 24.6. The van der Waals surface area contributed by atoms with Crippen molar-refractivity contribution in [2.75, 3.05) is 13.1 Å². The fourth-order valence-corrected chi connectivity index (χ4v) is 3.94. The van der Waals surface area contributed by atoms with Crippen LogP contribution in [-0.4, -0.2) is 46.1 Å². The number of rotatable bonds is 7. The zero-order valence-electron chi connectivity index (χ0n) is 17.0. The summed E-state index contributed by atoms with van der Waals surface area (Å²) in [6, 6.07) is 11.6. The number of benzene rings is 2. The Morgan fingerprint density at radius 1 is 1.26 bits per heavy atom. The zero-order chi connectivity index (χ0) is 21.9. The molecule has 1 aliphatic heterocycles. The van der Waals surface area contributed by atoms with E-state index in [9.17, 15) is 24.4 Å². The Kier molecular flexibility index (Phi) is 8.54. The van der Waals surface area contributed by atoms with Gasteiger partial charge in [0.2, 0.25) is 5.78 Å². The van der Waals surface area contributed by atoms with Crippen molar-refractivity contribution in [3.63, 3.8) is 0 Å². The first kappa shape index (κ1) is 25.2. The molecule has 0 spiro atoms. The molecule has 31 heavy (non-hydrogen) atoms. The van der Waals surface area contributed by atoms with Gasteiger partial charge in [-0.25, -0.2) is 4.39 Å². The molecule has 1 saturated heterocycles. The molecule has 1 fully saturated rings. The third kappa shape index (κ3) is 5.80. The summed E-state index contributed by atoms with van der Waals surface area (Å²) in [6.07, 6.45) is -1.65. The Bertz CT molecular complexity index is 921. The number of Topliss-reactive ketones (excluding diaryl/α,β-unsaturated/α-hetero) is 1. The second-order valence-electron chi connectivity index (χ2n) is 7.73. The lowest BCUT2D eigenvalue weighted by atomic mass is 9.84. The first-order valence-corrected chi connectivity index (χ1v) is 10.2. The van der Waals surface area contributed by atoms with E-state index in [-0.39, 0.29) is 43.9 Å². The number of nitro groups is 1. The highest BCUT2D eigenvalue weighted by atomic mass is 35.5. The fraction of sp³-hybridized carbons (Fsp3) is 0.409. The molecule has 0 aromatic heterocycles. The summed E-state index contributed by atoms with van der Waals surface area (Å²) in [5.41, 5.74) is 0.640. The van der Waals surface area contributed by atoms with E-state index in [0.717, 1.165) is 5.56 Å². The maximum absolute atomic E-state index is 14.9. The molecule has 1 N–H and O–H groups in total. The highest BCUT2D eigenvalue weighted by molar-refractivity contribution is 6.31. The molecule has 0 saturated carbocycles. The van der Waals surface area contributed by atoms with Crippen molar-refractivity contribution in [3.05, 3.63) is 80.4 Å². The fourth-order valence-electron chi connectivity index (χ4n) is 3.76. The maximum atomic E-state index is 14.9. The number of hydrogen-bond donors (Lipinski definition) is 1. The summed E-state index contributed by atoms with van der Waals surface area (Å²) in [5, 5.41) is 23.0. The minimum Gasteiger partial charge on any atom is -0.385 e. The van der Waals surface area contributed by atoms with Crippen LogP contribution in [0.4, 0.5) is 4.39 Å². The molecular weight excluding hydrogens is 446 g/mol. The molecule has 2 aromatic rings.